The van der Waals surface area contributed by atoms with Crippen molar-refractivity contribution in [1.82, 2.24) is 5.32 Å². The van der Waals surface area contributed by atoms with Gasteiger partial charge in [0.1, 0.15) is 0 Å². The number of hydrogen-bond donors (Lipinski definition) is 2. The molecule has 0 aliphatic rings. The molecule has 1 aromatic heterocycles. The normalized spacial score (nSPS) is 12.2. The highest BCUT2D eigenvalue weighted by Crippen LogP contribution is 2.23. The van der Waals surface area contributed by atoms with Gasteiger partial charge in [-0.3, -0.25) is 9.59 Å². The van der Waals surface area contributed by atoms with Crippen LogP contribution in [0.1, 0.15) is 53.2 Å². The van der Waals surface area contributed by atoms with Crippen LogP contribution in [0.4, 0.5) is 0 Å². The van der Waals surface area contributed by atoms with Crippen molar-refractivity contribution in [3.8, 4) is 0 Å². The summed E-state index contributed by atoms with van der Waals surface area (Å²) >= 11 is 1.47. The molecule has 0 bridgehead atoms. The van der Waals surface area contributed by atoms with Crippen molar-refractivity contribution >= 4 is 23.2 Å². The Morgan fingerprint density at radius 3 is 2.63 bits per heavy atom. The van der Waals surface area contributed by atoms with Crippen molar-refractivity contribution < 1.29 is 14.7 Å². The Kier molecular flexibility index (Phi) is 6.02. The number of amides is 1. The SMILES string of the molecule is CCCc1cc(C(=O)NC(CC)CC(=O)O)sc1C. The molecule has 1 rings (SSSR count). The molecule has 1 unspecified atom stereocenters. The molecule has 5 heteroatoms. The van der Waals surface area contributed by atoms with Crippen LogP contribution in [-0.4, -0.2) is 23.0 Å². The first-order valence-electron chi connectivity index (χ1n) is 6.59. The summed E-state index contributed by atoms with van der Waals surface area (Å²) in [6, 6.07) is 1.62. The van der Waals surface area contributed by atoms with Gasteiger partial charge in [0.25, 0.3) is 5.91 Å². The van der Waals surface area contributed by atoms with E-state index in [9.17, 15) is 9.59 Å². The summed E-state index contributed by atoms with van der Waals surface area (Å²) in [4.78, 5) is 24.6. The van der Waals surface area contributed by atoms with Crippen LogP contribution in [0.15, 0.2) is 6.07 Å². The number of aliphatic carboxylic acids is 1. The van der Waals surface area contributed by atoms with Gasteiger partial charge in [-0.1, -0.05) is 20.3 Å². The fourth-order valence-corrected chi connectivity index (χ4v) is 2.89. The lowest BCUT2D eigenvalue weighted by molar-refractivity contribution is -0.137. The monoisotopic (exact) mass is 283 g/mol. The molecular weight excluding hydrogens is 262 g/mol. The lowest BCUT2D eigenvalue weighted by Crippen LogP contribution is -2.35. The molecule has 0 radical (unpaired) electrons. The van der Waals surface area contributed by atoms with Crippen LogP contribution in [0, 0.1) is 6.92 Å². The van der Waals surface area contributed by atoms with E-state index in [1.54, 1.807) is 0 Å². The first-order chi connectivity index (χ1) is 8.97. The molecule has 1 atom stereocenters. The zero-order chi connectivity index (χ0) is 14.4. The van der Waals surface area contributed by atoms with E-state index >= 15 is 0 Å². The van der Waals surface area contributed by atoms with Crippen LogP contribution in [0.25, 0.3) is 0 Å². The second kappa shape index (κ2) is 7.28. The van der Waals surface area contributed by atoms with E-state index in [1.165, 1.54) is 21.8 Å². The highest BCUT2D eigenvalue weighted by atomic mass is 32.1. The van der Waals surface area contributed by atoms with Crippen LogP contribution in [0.3, 0.4) is 0 Å². The van der Waals surface area contributed by atoms with Crippen molar-refractivity contribution in [3.05, 3.63) is 21.4 Å². The molecule has 0 saturated carbocycles. The van der Waals surface area contributed by atoms with E-state index in [-0.39, 0.29) is 18.4 Å². The molecule has 1 heterocycles. The Bertz CT molecular complexity index is 454. The summed E-state index contributed by atoms with van der Waals surface area (Å²) in [6.45, 7) is 5.99. The predicted octanol–water partition coefficient (Wildman–Crippen LogP) is 2.99. The fraction of sp³-hybridized carbons (Fsp3) is 0.571. The summed E-state index contributed by atoms with van der Waals surface area (Å²) in [6.07, 6.45) is 2.61. The summed E-state index contributed by atoms with van der Waals surface area (Å²) in [7, 11) is 0. The number of carboxylic acids is 1. The van der Waals surface area contributed by atoms with Crippen LogP contribution in [0.2, 0.25) is 0 Å². The van der Waals surface area contributed by atoms with Gasteiger partial charge in [-0.05, 0) is 31.4 Å². The van der Waals surface area contributed by atoms with E-state index in [0.717, 1.165) is 12.8 Å². The Balaban J connectivity index is 2.71. The molecule has 19 heavy (non-hydrogen) atoms. The van der Waals surface area contributed by atoms with Gasteiger partial charge in [0.2, 0.25) is 0 Å². The maximum Gasteiger partial charge on any atom is 0.305 e. The maximum absolute atomic E-state index is 12.1. The second-order valence-corrected chi connectivity index (χ2v) is 5.87. The standard InChI is InChI=1S/C14H21NO3S/c1-4-6-10-7-12(19-9(10)3)14(18)15-11(5-2)8-13(16)17/h7,11H,4-6,8H2,1-3H3,(H,15,18)(H,16,17). The van der Waals surface area contributed by atoms with E-state index < -0.39 is 5.97 Å². The van der Waals surface area contributed by atoms with Crippen molar-refractivity contribution in [3.63, 3.8) is 0 Å². The number of rotatable bonds is 7. The van der Waals surface area contributed by atoms with E-state index in [0.29, 0.717) is 11.3 Å². The summed E-state index contributed by atoms with van der Waals surface area (Å²) in [5.41, 5.74) is 1.21. The van der Waals surface area contributed by atoms with Crippen LogP contribution in [0.5, 0.6) is 0 Å². The largest absolute Gasteiger partial charge is 0.481 e. The van der Waals surface area contributed by atoms with Gasteiger partial charge < -0.3 is 10.4 Å². The molecule has 106 valence electrons. The maximum atomic E-state index is 12.1. The number of nitrogens with one attached hydrogen (secondary N) is 1. The third kappa shape index (κ3) is 4.67. The number of carboxylic acid groups (broad SMARTS) is 1. The lowest BCUT2D eigenvalue weighted by Gasteiger charge is -2.13. The van der Waals surface area contributed by atoms with Crippen LogP contribution in [-0.2, 0) is 11.2 Å². The number of carbonyl (C=O) groups is 2. The number of aryl methyl sites for hydroxylation is 2. The van der Waals surface area contributed by atoms with Crippen molar-refractivity contribution in [1.29, 1.82) is 0 Å². The minimum absolute atomic E-state index is 0.0333. The Morgan fingerprint density at radius 2 is 2.11 bits per heavy atom. The molecule has 4 nitrogen and oxygen atoms in total. The lowest BCUT2D eigenvalue weighted by atomic mass is 10.1. The van der Waals surface area contributed by atoms with Crippen molar-refractivity contribution in [2.75, 3.05) is 0 Å². The van der Waals surface area contributed by atoms with Crippen molar-refractivity contribution in [2.45, 2.75) is 52.5 Å². The van der Waals surface area contributed by atoms with Gasteiger partial charge in [0.05, 0.1) is 11.3 Å². The third-order valence-electron chi connectivity index (χ3n) is 3.01. The average molecular weight is 283 g/mol. The van der Waals surface area contributed by atoms with Gasteiger partial charge in [0, 0.05) is 10.9 Å². The molecule has 0 spiro atoms. The molecule has 0 saturated heterocycles. The second-order valence-electron chi connectivity index (χ2n) is 4.62. The zero-order valence-electron chi connectivity index (χ0n) is 11.7. The van der Waals surface area contributed by atoms with Gasteiger partial charge in [0.15, 0.2) is 0 Å². The first-order valence-corrected chi connectivity index (χ1v) is 7.41. The van der Waals surface area contributed by atoms with Gasteiger partial charge >= 0.3 is 5.97 Å². The molecule has 0 aliphatic heterocycles. The average Bonchev–Trinajstić information content (AvgIpc) is 2.70. The van der Waals surface area contributed by atoms with Crippen LogP contribution >= 0.6 is 11.3 Å². The zero-order valence-corrected chi connectivity index (χ0v) is 12.5. The number of carbonyl (C=O) groups excluding carboxylic acids is 1. The first kappa shape index (κ1) is 15.7. The number of thiophene rings is 1. The van der Waals surface area contributed by atoms with Gasteiger partial charge in [-0.25, -0.2) is 0 Å². The Hall–Kier alpha value is -1.36. The van der Waals surface area contributed by atoms with Crippen LogP contribution < -0.4 is 5.32 Å². The minimum atomic E-state index is -0.888. The van der Waals surface area contributed by atoms with Gasteiger partial charge in [-0.2, -0.15) is 0 Å². The molecule has 1 amide bonds. The number of hydrogen-bond acceptors (Lipinski definition) is 3. The van der Waals surface area contributed by atoms with E-state index in [2.05, 4.69) is 12.2 Å². The minimum Gasteiger partial charge on any atom is -0.481 e. The predicted molar refractivity (Wildman–Crippen MR) is 76.8 cm³/mol. The van der Waals surface area contributed by atoms with E-state index in [4.69, 9.17) is 5.11 Å². The van der Waals surface area contributed by atoms with Crippen molar-refractivity contribution in [2.24, 2.45) is 0 Å². The summed E-state index contributed by atoms with van der Waals surface area (Å²) < 4.78 is 0. The molecule has 1 aromatic rings. The third-order valence-corrected chi connectivity index (χ3v) is 4.10. The fourth-order valence-electron chi connectivity index (χ4n) is 1.91. The smallest absolute Gasteiger partial charge is 0.305 e. The summed E-state index contributed by atoms with van der Waals surface area (Å²) in [5, 5.41) is 11.6. The topological polar surface area (TPSA) is 66.4 Å². The molecule has 0 fully saturated rings. The summed E-state index contributed by atoms with van der Waals surface area (Å²) in [5.74, 6) is -1.05. The molecule has 0 aliphatic carbocycles. The van der Waals surface area contributed by atoms with E-state index in [1.807, 2.05) is 19.9 Å². The molecule has 2 N–H and O–H groups in total. The Labute approximate surface area is 117 Å². The highest BCUT2D eigenvalue weighted by molar-refractivity contribution is 7.14. The molecule has 0 aromatic carbocycles. The quantitative estimate of drug-likeness (QED) is 0.808. The Morgan fingerprint density at radius 1 is 1.42 bits per heavy atom. The highest BCUT2D eigenvalue weighted by Gasteiger charge is 2.17. The molecular formula is C14H21NO3S. The van der Waals surface area contributed by atoms with Gasteiger partial charge in [-0.15, -0.1) is 11.3 Å².